The average Bonchev–Trinajstić information content (AvgIpc) is 3.25. The number of amides is 1. The number of benzene rings is 2. The van der Waals surface area contributed by atoms with Crippen LogP contribution in [0.2, 0.25) is 0 Å². The van der Waals surface area contributed by atoms with Crippen LogP contribution in [0.3, 0.4) is 0 Å². The van der Waals surface area contributed by atoms with Gasteiger partial charge >= 0.3 is 0 Å². The summed E-state index contributed by atoms with van der Waals surface area (Å²) in [5.74, 6) is 0.266. The van der Waals surface area contributed by atoms with E-state index in [2.05, 4.69) is 0 Å². The zero-order valence-electron chi connectivity index (χ0n) is 17.3. The first-order valence-corrected chi connectivity index (χ1v) is 9.95. The average molecular weight is 413 g/mol. The molecule has 1 heterocycles. The first kappa shape index (κ1) is 21.6. The van der Waals surface area contributed by atoms with Gasteiger partial charge in [-0.05, 0) is 42.7 Å². The van der Waals surface area contributed by atoms with Gasteiger partial charge in [-0.15, -0.1) is 0 Å². The van der Waals surface area contributed by atoms with E-state index in [-0.39, 0.29) is 24.3 Å². The Hall–Kier alpha value is -3.13. The van der Waals surface area contributed by atoms with E-state index < -0.39 is 4.92 Å². The Morgan fingerprint density at radius 3 is 2.43 bits per heavy atom. The summed E-state index contributed by atoms with van der Waals surface area (Å²) < 4.78 is 11.3. The maximum Gasteiger partial charge on any atom is 0.269 e. The molecule has 0 radical (unpaired) electrons. The van der Waals surface area contributed by atoms with E-state index in [1.165, 1.54) is 24.3 Å². The molecule has 0 spiro atoms. The van der Waals surface area contributed by atoms with Gasteiger partial charge in [-0.2, -0.15) is 0 Å². The molecule has 30 heavy (non-hydrogen) atoms. The van der Waals surface area contributed by atoms with Gasteiger partial charge in [0.2, 0.25) is 0 Å². The third-order valence-electron chi connectivity index (χ3n) is 5.04. The van der Waals surface area contributed by atoms with Crippen molar-refractivity contribution in [2.75, 3.05) is 38.8 Å². The molecule has 2 aromatic rings. The lowest BCUT2D eigenvalue weighted by molar-refractivity contribution is -0.384. The van der Waals surface area contributed by atoms with Gasteiger partial charge in [0.25, 0.3) is 11.6 Å². The van der Waals surface area contributed by atoms with Gasteiger partial charge in [-0.1, -0.05) is 12.1 Å². The molecular weight excluding hydrogens is 386 g/mol. The number of anilines is 1. The molecule has 0 saturated carbocycles. The molecular formula is C22H27N3O5. The second-order valence-corrected chi connectivity index (χ2v) is 7.51. The normalized spacial score (nSPS) is 15.6. The fourth-order valence-electron chi connectivity index (χ4n) is 3.31. The van der Waals surface area contributed by atoms with Crippen molar-refractivity contribution in [2.45, 2.75) is 25.5 Å². The number of nitro benzene ring substituents is 1. The van der Waals surface area contributed by atoms with Gasteiger partial charge in [0.05, 0.1) is 11.0 Å². The Labute approximate surface area is 176 Å². The van der Waals surface area contributed by atoms with Crippen LogP contribution in [-0.2, 0) is 16.1 Å². The molecule has 2 aromatic carbocycles. The highest BCUT2D eigenvalue weighted by Crippen LogP contribution is 2.19. The minimum absolute atomic E-state index is 0.0187. The van der Waals surface area contributed by atoms with E-state index >= 15 is 0 Å². The molecule has 1 atom stereocenters. The van der Waals surface area contributed by atoms with E-state index in [4.69, 9.17) is 9.47 Å². The fraction of sp³-hybridized carbons (Fsp3) is 0.409. The van der Waals surface area contributed by atoms with Crippen molar-refractivity contribution in [3.05, 3.63) is 64.2 Å². The third kappa shape index (κ3) is 5.93. The zero-order chi connectivity index (χ0) is 21.5. The summed E-state index contributed by atoms with van der Waals surface area (Å²) in [6.07, 6.45) is 1.98. The molecule has 160 valence electrons. The largest absolute Gasteiger partial charge is 0.484 e. The number of hydrogen-bond donors (Lipinski definition) is 0. The van der Waals surface area contributed by atoms with E-state index in [1.807, 2.05) is 43.3 Å². The summed E-state index contributed by atoms with van der Waals surface area (Å²) in [5.41, 5.74) is 2.11. The molecule has 0 N–H and O–H groups in total. The van der Waals surface area contributed by atoms with E-state index in [0.29, 0.717) is 18.8 Å². The van der Waals surface area contributed by atoms with Crippen LogP contribution in [0.25, 0.3) is 0 Å². The zero-order valence-corrected chi connectivity index (χ0v) is 17.3. The molecule has 1 fully saturated rings. The summed E-state index contributed by atoms with van der Waals surface area (Å²) in [7, 11) is 3.97. The molecule has 0 bridgehead atoms. The van der Waals surface area contributed by atoms with Crippen LogP contribution in [0.5, 0.6) is 5.75 Å². The van der Waals surface area contributed by atoms with Gasteiger partial charge < -0.3 is 19.3 Å². The Balaban J connectivity index is 1.64. The lowest BCUT2D eigenvalue weighted by atomic mass is 10.1. The summed E-state index contributed by atoms with van der Waals surface area (Å²) in [4.78, 5) is 27.0. The number of carbonyl (C=O) groups is 1. The second-order valence-electron chi connectivity index (χ2n) is 7.51. The molecule has 1 aliphatic rings. The molecule has 0 aromatic heterocycles. The third-order valence-corrected chi connectivity index (χ3v) is 5.04. The van der Waals surface area contributed by atoms with Crippen LogP contribution >= 0.6 is 0 Å². The lowest BCUT2D eigenvalue weighted by Crippen LogP contribution is -2.39. The highest BCUT2D eigenvalue weighted by atomic mass is 16.6. The fourth-order valence-corrected chi connectivity index (χ4v) is 3.31. The standard InChI is InChI=1S/C22H27N3O5/c1-23(2)18-7-5-17(6-8-18)14-24(15-21-4-3-13-29-21)22(26)16-30-20-11-9-19(10-12-20)25(27)28/h5-12,21H,3-4,13-16H2,1-2H3/t21-/m0/s1. The Morgan fingerprint density at radius 1 is 1.17 bits per heavy atom. The smallest absolute Gasteiger partial charge is 0.269 e. The number of non-ortho nitro benzene ring substituents is 1. The number of ether oxygens (including phenoxy) is 2. The Kier molecular flexibility index (Phi) is 7.24. The highest BCUT2D eigenvalue weighted by molar-refractivity contribution is 5.77. The predicted molar refractivity (Wildman–Crippen MR) is 114 cm³/mol. The van der Waals surface area contributed by atoms with Crippen LogP contribution in [-0.4, -0.2) is 55.7 Å². The van der Waals surface area contributed by atoms with Crippen LogP contribution in [0.1, 0.15) is 18.4 Å². The molecule has 1 aliphatic heterocycles. The molecule has 1 saturated heterocycles. The van der Waals surface area contributed by atoms with Gasteiger partial charge in [0.1, 0.15) is 5.75 Å². The lowest BCUT2D eigenvalue weighted by Gasteiger charge is -2.26. The van der Waals surface area contributed by atoms with Crippen molar-refractivity contribution in [2.24, 2.45) is 0 Å². The maximum atomic E-state index is 12.9. The van der Waals surface area contributed by atoms with Crippen molar-refractivity contribution < 1.29 is 19.2 Å². The van der Waals surface area contributed by atoms with Gasteiger partial charge in [0, 0.05) is 51.6 Å². The van der Waals surface area contributed by atoms with Crippen molar-refractivity contribution in [3.8, 4) is 5.75 Å². The van der Waals surface area contributed by atoms with Crippen LogP contribution < -0.4 is 9.64 Å². The van der Waals surface area contributed by atoms with Gasteiger partial charge in [-0.3, -0.25) is 14.9 Å². The summed E-state index contributed by atoms with van der Waals surface area (Å²) in [6.45, 7) is 1.57. The summed E-state index contributed by atoms with van der Waals surface area (Å²) >= 11 is 0. The number of rotatable bonds is 9. The van der Waals surface area contributed by atoms with Gasteiger partial charge in [-0.25, -0.2) is 0 Å². The predicted octanol–water partition coefficient (Wildman–Crippen LogP) is 3.25. The highest BCUT2D eigenvalue weighted by Gasteiger charge is 2.23. The number of nitrogens with zero attached hydrogens (tertiary/aromatic N) is 3. The molecule has 1 amide bonds. The van der Waals surface area contributed by atoms with Crippen LogP contribution in [0, 0.1) is 10.1 Å². The number of carbonyl (C=O) groups excluding carboxylic acids is 1. The van der Waals surface area contributed by atoms with E-state index in [1.54, 1.807) is 4.90 Å². The summed E-state index contributed by atoms with van der Waals surface area (Å²) in [5, 5.41) is 10.8. The van der Waals surface area contributed by atoms with Crippen molar-refractivity contribution in [1.82, 2.24) is 4.90 Å². The first-order valence-electron chi connectivity index (χ1n) is 9.95. The molecule has 8 nitrogen and oxygen atoms in total. The number of hydrogen-bond acceptors (Lipinski definition) is 6. The molecule has 0 aliphatic carbocycles. The van der Waals surface area contributed by atoms with E-state index in [9.17, 15) is 14.9 Å². The number of nitro groups is 1. The Bertz CT molecular complexity index is 846. The summed E-state index contributed by atoms with van der Waals surface area (Å²) in [6, 6.07) is 13.8. The Morgan fingerprint density at radius 2 is 1.87 bits per heavy atom. The van der Waals surface area contributed by atoms with Crippen LogP contribution in [0.15, 0.2) is 48.5 Å². The van der Waals surface area contributed by atoms with E-state index in [0.717, 1.165) is 30.7 Å². The van der Waals surface area contributed by atoms with Crippen LogP contribution in [0.4, 0.5) is 11.4 Å². The minimum Gasteiger partial charge on any atom is -0.484 e. The molecule has 3 rings (SSSR count). The topological polar surface area (TPSA) is 85.2 Å². The maximum absolute atomic E-state index is 12.9. The second kappa shape index (κ2) is 10.1. The minimum atomic E-state index is -0.472. The molecule has 0 unspecified atom stereocenters. The SMILES string of the molecule is CN(C)c1ccc(CN(C[C@@H]2CCCO2)C(=O)COc2ccc([N+](=O)[O-])cc2)cc1. The molecule has 8 heteroatoms. The van der Waals surface area contributed by atoms with Crippen molar-refractivity contribution in [1.29, 1.82) is 0 Å². The monoisotopic (exact) mass is 413 g/mol. The first-order chi connectivity index (χ1) is 14.4. The van der Waals surface area contributed by atoms with Crippen molar-refractivity contribution >= 4 is 17.3 Å². The quantitative estimate of drug-likeness (QED) is 0.463. The van der Waals surface area contributed by atoms with Gasteiger partial charge in [0.15, 0.2) is 6.61 Å². The van der Waals surface area contributed by atoms with Crippen molar-refractivity contribution in [3.63, 3.8) is 0 Å².